The quantitative estimate of drug-likeness (QED) is 0.858. The van der Waals surface area contributed by atoms with Gasteiger partial charge in [0.15, 0.2) is 0 Å². The highest BCUT2D eigenvalue weighted by molar-refractivity contribution is 6.30. The molecule has 148 valence electrons. The predicted molar refractivity (Wildman–Crippen MR) is 107 cm³/mol. The lowest BCUT2D eigenvalue weighted by Gasteiger charge is -2.47. The summed E-state index contributed by atoms with van der Waals surface area (Å²) in [7, 11) is 0. The average Bonchev–Trinajstić information content (AvgIpc) is 2.69. The number of benzene rings is 1. The van der Waals surface area contributed by atoms with Gasteiger partial charge in [0.1, 0.15) is 6.54 Å². The van der Waals surface area contributed by atoms with E-state index in [4.69, 9.17) is 11.6 Å². The molecule has 0 unspecified atom stereocenters. The van der Waals surface area contributed by atoms with Gasteiger partial charge in [-0.3, -0.25) is 9.59 Å². The maximum atomic E-state index is 12.8. The normalized spacial score (nSPS) is 24.6. The molecule has 2 aromatic rings. The van der Waals surface area contributed by atoms with Crippen LogP contribution in [-0.4, -0.2) is 44.4 Å². The van der Waals surface area contributed by atoms with Crippen LogP contribution >= 0.6 is 11.6 Å². The first-order chi connectivity index (χ1) is 13.4. The molecule has 2 atom stereocenters. The third-order valence-electron chi connectivity index (χ3n) is 6.07. The number of carbonyl (C=O) groups is 1. The van der Waals surface area contributed by atoms with E-state index < -0.39 is 5.60 Å². The van der Waals surface area contributed by atoms with Crippen molar-refractivity contribution in [3.63, 3.8) is 0 Å². The van der Waals surface area contributed by atoms with Crippen LogP contribution in [0.4, 0.5) is 0 Å². The molecule has 1 aliphatic carbocycles. The summed E-state index contributed by atoms with van der Waals surface area (Å²) in [5.74, 6) is -0.000452. The third kappa shape index (κ3) is 3.84. The summed E-state index contributed by atoms with van der Waals surface area (Å²) in [5.41, 5.74) is 0.510. The van der Waals surface area contributed by atoms with Gasteiger partial charge in [-0.15, -0.1) is 0 Å². The van der Waals surface area contributed by atoms with E-state index in [-0.39, 0.29) is 23.9 Å². The number of carbonyl (C=O) groups excluding carboxylic acids is 1. The lowest BCUT2D eigenvalue weighted by molar-refractivity contribution is -0.144. The van der Waals surface area contributed by atoms with E-state index in [1.54, 1.807) is 23.1 Å². The van der Waals surface area contributed by atoms with Gasteiger partial charge in [-0.1, -0.05) is 36.6 Å². The Morgan fingerprint density at radius 3 is 2.75 bits per heavy atom. The minimum Gasteiger partial charge on any atom is -0.389 e. The summed E-state index contributed by atoms with van der Waals surface area (Å²) < 4.78 is 1.22. The van der Waals surface area contributed by atoms with Gasteiger partial charge in [0.25, 0.3) is 5.56 Å². The van der Waals surface area contributed by atoms with Crippen LogP contribution in [0, 0.1) is 5.92 Å². The standard InChI is InChI=1S/C21H24ClN3O3/c22-17-6-4-15(5-7-17)18-8-9-19(26)25(23-18)14-20(27)24-12-11-21(28)10-2-1-3-16(21)13-24/h4-9,16,28H,1-3,10-14H2/t16-,21+/m1/s1. The lowest BCUT2D eigenvalue weighted by atomic mass is 9.71. The fourth-order valence-corrected chi connectivity index (χ4v) is 4.49. The highest BCUT2D eigenvalue weighted by Crippen LogP contribution is 2.39. The number of rotatable bonds is 3. The molecule has 6 nitrogen and oxygen atoms in total. The molecule has 2 fully saturated rings. The van der Waals surface area contributed by atoms with Crippen LogP contribution in [-0.2, 0) is 11.3 Å². The zero-order valence-corrected chi connectivity index (χ0v) is 16.4. The number of hydrogen-bond donors (Lipinski definition) is 1. The van der Waals surface area contributed by atoms with Crippen molar-refractivity contribution in [1.29, 1.82) is 0 Å². The Bertz CT molecular complexity index is 927. The van der Waals surface area contributed by atoms with E-state index in [1.165, 1.54) is 10.7 Å². The van der Waals surface area contributed by atoms with E-state index in [9.17, 15) is 14.7 Å². The number of aliphatic hydroxyl groups is 1. The van der Waals surface area contributed by atoms with Crippen molar-refractivity contribution in [2.45, 2.75) is 44.2 Å². The zero-order valence-electron chi connectivity index (χ0n) is 15.7. The van der Waals surface area contributed by atoms with Crippen molar-refractivity contribution in [1.82, 2.24) is 14.7 Å². The molecule has 1 saturated carbocycles. The summed E-state index contributed by atoms with van der Waals surface area (Å²) in [5, 5.41) is 15.8. The van der Waals surface area contributed by atoms with Gasteiger partial charge in [0, 0.05) is 35.7 Å². The van der Waals surface area contributed by atoms with E-state index in [2.05, 4.69) is 5.10 Å². The van der Waals surface area contributed by atoms with Crippen LogP contribution in [0.1, 0.15) is 32.1 Å². The van der Waals surface area contributed by atoms with Crippen molar-refractivity contribution >= 4 is 17.5 Å². The van der Waals surface area contributed by atoms with Crippen LogP contribution < -0.4 is 5.56 Å². The molecule has 1 amide bonds. The monoisotopic (exact) mass is 401 g/mol. The summed E-state index contributed by atoms with van der Waals surface area (Å²) >= 11 is 5.93. The van der Waals surface area contributed by atoms with Crippen molar-refractivity contribution in [2.75, 3.05) is 13.1 Å². The molecule has 0 bridgehead atoms. The molecule has 2 aliphatic rings. The van der Waals surface area contributed by atoms with Crippen LogP contribution in [0.5, 0.6) is 0 Å². The van der Waals surface area contributed by atoms with E-state index in [1.807, 2.05) is 12.1 Å². The van der Waals surface area contributed by atoms with E-state index in [0.717, 1.165) is 31.2 Å². The van der Waals surface area contributed by atoms with Gasteiger partial charge in [-0.05, 0) is 37.5 Å². The Labute approximate surface area is 168 Å². The smallest absolute Gasteiger partial charge is 0.267 e. The van der Waals surface area contributed by atoms with Gasteiger partial charge in [-0.25, -0.2) is 4.68 Å². The molecule has 4 rings (SSSR count). The largest absolute Gasteiger partial charge is 0.389 e. The minimum absolute atomic E-state index is 0.0919. The fourth-order valence-electron chi connectivity index (χ4n) is 4.36. The van der Waals surface area contributed by atoms with Crippen molar-refractivity contribution in [3.8, 4) is 11.3 Å². The topological polar surface area (TPSA) is 75.4 Å². The number of aromatic nitrogens is 2. The second kappa shape index (κ2) is 7.68. The average molecular weight is 402 g/mol. The van der Waals surface area contributed by atoms with E-state index >= 15 is 0 Å². The molecular weight excluding hydrogens is 378 g/mol. The maximum Gasteiger partial charge on any atom is 0.267 e. The highest BCUT2D eigenvalue weighted by atomic mass is 35.5. The molecule has 1 saturated heterocycles. The molecule has 1 N–H and O–H groups in total. The Morgan fingerprint density at radius 1 is 1.18 bits per heavy atom. The van der Waals surface area contributed by atoms with Gasteiger partial charge in [0.05, 0.1) is 11.3 Å². The second-order valence-electron chi connectivity index (χ2n) is 7.86. The number of nitrogens with zero attached hydrogens (tertiary/aromatic N) is 3. The summed E-state index contributed by atoms with van der Waals surface area (Å²) in [4.78, 5) is 26.8. The van der Waals surface area contributed by atoms with Crippen molar-refractivity contribution in [3.05, 3.63) is 51.8 Å². The molecule has 2 heterocycles. The molecule has 7 heteroatoms. The Hall–Kier alpha value is -2.18. The Kier molecular flexibility index (Phi) is 5.25. The molecule has 0 spiro atoms. The molecule has 0 radical (unpaired) electrons. The Balaban J connectivity index is 1.49. The van der Waals surface area contributed by atoms with E-state index in [0.29, 0.717) is 30.2 Å². The molecule has 1 aromatic carbocycles. The maximum absolute atomic E-state index is 12.8. The SMILES string of the molecule is O=C(Cn1nc(-c2ccc(Cl)cc2)ccc1=O)N1CC[C@@]2(O)CCCC[C@@H]2C1. The van der Waals surface area contributed by atoms with Crippen LogP contribution in [0.15, 0.2) is 41.2 Å². The van der Waals surface area contributed by atoms with Gasteiger partial charge < -0.3 is 10.0 Å². The molecule has 1 aliphatic heterocycles. The van der Waals surface area contributed by atoms with Gasteiger partial charge >= 0.3 is 0 Å². The van der Waals surface area contributed by atoms with Gasteiger partial charge in [0.2, 0.25) is 5.91 Å². The number of amides is 1. The van der Waals surface area contributed by atoms with Crippen LogP contribution in [0.25, 0.3) is 11.3 Å². The second-order valence-corrected chi connectivity index (χ2v) is 8.29. The summed E-state index contributed by atoms with van der Waals surface area (Å²) in [6.45, 7) is 0.990. The number of halogens is 1. The van der Waals surface area contributed by atoms with Crippen molar-refractivity contribution in [2.24, 2.45) is 5.92 Å². The highest BCUT2D eigenvalue weighted by Gasteiger charge is 2.43. The molecule has 28 heavy (non-hydrogen) atoms. The zero-order chi connectivity index (χ0) is 19.7. The van der Waals surface area contributed by atoms with Gasteiger partial charge in [-0.2, -0.15) is 5.10 Å². The van der Waals surface area contributed by atoms with Crippen LogP contribution in [0.2, 0.25) is 5.02 Å². The molecular formula is C21H24ClN3O3. The lowest BCUT2D eigenvalue weighted by Crippen LogP contribution is -2.55. The van der Waals surface area contributed by atoms with Crippen LogP contribution in [0.3, 0.4) is 0 Å². The summed E-state index contributed by atoms with van der Waals surface area (Å²) in [6, 6.07) is 10.3. The fraction of sp³-hybridized carbons (Fsp3) is 0.476. The first kappa shape index (κ1) is 19.2. The number of likely N-dealkylation sites (tertiary alicyclic amines) is 1. The van der Waals surface area contributed by atoms with Crippen molar-refractivity contribution < 1.29 is 9.90 Å². The Morgan fingerprint density at radius 2 is 1.96 bits per heavy atom. The third-order valence-corrected chi connectivity index (χ3v) is 6.32. The molecule has 1 aromatic heterocycles. The number of hydrogen-bond acceptors (Lipinski definition) is 4. The number of fused-ring (bicyclic) bond motifs is 1. The first-order valence-electron chi connectivity index (χ1n) is 9.79. The predicted octanol–water partition coefficient (Wildman–Crippen LogP) is 2.72. The summed E-state index contributed by atoms with van der Waals surface area (Å²) in [6.07, 6.45) is 4.53. The first-order valence-corrected chi connectivity index (χ1v) is 10.2. The number of piperidine rings is 1. The minimum atomic E-state index is -0.626.